The van der Waals surface area contributed by atoms with E-state index < -0.39 is 30.2 Å². The number of carbonyl (C=O) groups is 1. The molecule has 0 saturated carbocycles. The standard InChI is InChI=1S/C19H22O5/c1-11-3-7-13(8-4-11)15(18(21)22)17(20)16(19(23)24)14-9-5-12(2)6-10-14/h3-10,15-16,18-19,21-24H,1-2H3. The summed E-state index contributed by atoms with van der Waals surface area (Å²) in [6.45, 7) is 3.76. The zero-order valence-electron chi connectivity index (χ0n) is 13.6. The minimum absolute atomic E-state index is 0.415. The minimum atomic E-state index is -1.94. The van der Waals surface area contributed by atoms with Gasteiger partial charge < -0.3 is 20.4 Å². The first-order chi connectivity index (χ1) is 11.3. The Balaban J connectivity index is 2.41. The summed E-state index contributed by atoms with van der Waals surface area (Å²) < 4.78 is 0. The van der Waals surface area contributed by atoms with Crippen LogP contribution < -0.4 is 0 Å². The molecule has 5 heteroatoms. The average molecular weight is 330 g/mol. The Morgan fingerprint density at radius 3 is 1.21 bits per heavy atom. The topological polar surface area (TPSA) is 98.0 Å². The zero-order chi connectivity index (χ0) is 17.9. The molecular formula is C19H22O5. The molecule has 0 aliphatic heterocycles. The first-order valence-corrected chi connectivity index (χ1v) is 7.70. The van der Waals surface area contributed by atoms with E-state index in [9.17, 15) is 25.2 Å². The molecule has 2 aromatic rings. The van der Waals surface area contributed by atoms with Gasteiger partial charge in [0.15, 0.2) is 18.4 Å². The van der Waals surface area contributed by atoms with E-state index in [0.29, 0.717) is 11.1 Å². The lowest BCUT2D eigenvalue weighted by atomic mass is 9.82. The molecule has 0 amide bonds. The summed E-state index contributed by atoms with van der Waals surface area (Å²) in [5.74, 6) is -3.19. The van der Waals surface area contributed by atoms with Gasteiger partial charge in [0, 0.05) is 0 Å². The number of aryl methyl sites for hydroxylation is 2. The van der Waals surface area contributed by atoms with Crippen molar-refractivity contribution in [3.63, 3.8) is 0 Å². The third kappa shape index (κ3) is 4.07. The van der Waals surface area contributed by atoms with Crippen molar-refractivity contribution in [2.24, 2.45) is 0 Å². The molecule has 0 aliphatic rings. The summed E-state index contributed by atoms with van der Waals surface area (Å²) in [5.41, 5.74) is 2.76. The van der Waals surface area contributed by atoms with E-state index in [4.69, 9.17) is 0 Å². The Labute approximate surface area is 140 Å². The van der Waals surface area contributed by atoms with Crippen molar-refractivity contribution < 1.29 is 25.2 Å². The van der Waals surface area contributed by atoms with Crippen LogP contribution in [-0.4, -0.2) is 38.8 Å². The van der Waals surface area contributed by atoms with Crippen LogP contribution in [0.15, 0.2) is 48.5 Å². The monoisotopic (exact) mass is 330 g/mol. The SMILES string of the molecule is Cc1ccc(C(C(=O)C(c2ccc(C)cc2)C(O)O)C(O)O)cc1. The number of aliphatic hydroxyl groups is 4. The molecule has 2 rings (SSSR count). The van der Waals surface area contributed by atoms with Crippen molar-refractivity contribution in [3.8, 4) is 0 Å². The molecule has 4 N–H and O–H groups in total. The van der Waals surface area contributed by atoms with Crippen LogP contribution in [0.3, 0.4) is 0 Å². The van der Waals surface area contributed by atoms with E-state index in [1.54, 1.807) is 48.5 Å². The van der Waals surface area contributed by atoms with Crippen LogP contribution in [0, 0.1) is 13.8 Å². The molecule has 0 aromatic heterocycles. The number of benzene rings is 2. The van der Waals surface area contributed by atoms with Gasteiger partial charge in [0.1, 0.15) is 0 Å². The van der Waals surface area contributed by atoms with E-state index in [1.165, 1.54) is 0 Å². The van der Waals surface area contributed by atoms with Crippen LogP contribution in [0.4, 0.5) is 0 Å². The number of rotatable bonds is 6. The molecule has 0 spiro atoms. The second kappa shape index (κ2) is 7.68. The van der Waals surface area contributed by atoms with Gasteiger partial charge in [-0.05, 0) is 25.0 Å². The highest BCUT2D eigenvalue weighted by Crippen LogP contribution is 2.30. The van der Waals surface area contributed by atoms with E-state index in [0.717, 1.165) is 11.1 Å². The Hall–Kier alpha value is -2.05. The zero-order valence-corrected chi connectivity index (χ0v) is 13.6. The number of hydrogen-bond acceptors (Lipinski definition) is 5. The highest BCUT2D eigenvalue weighted by molar-refractivity contribution is 5.92. The molecule has 24 heavy (non-hydrogen) atoms. The first kappa shape index (κ1) is 18.3. The summed E-state index contributed by atoms with van der Waals surface area (Å²) in [6.07, 6.45) is -3.88. The molecule has 0 heterocycles. The lowest BCUT2D eigenvalue weighted by Crippen LogP contribution is -2.35. The molecular weight excluding hydrogens is 308 g/mol. The fourth-order valence-electron chi connectivity index (χ4n) is 2.71. The van der Waals surface area contributed by atoms with Crippen LogP contribution in [-0.2, 0) is 4.79 Å². The van der Waals surface area contributed by atoms with Crippen molar-refractivity contribution in [1.29, 1.82) is 0 Å². The Bertz CT molecular complexity index is 614. The third-order valence-electron chi connectivity index (χ3n) is 4.08. The summed E-state index contributed by atoms with van der Waals surface area (Å²) >= 11 is 0. The Kier molecular flexibility index (Phi) is 5.85. The maximum Gasteiger partial charge on any atom is 0.165 e. The molecule has 5 nitrogen and oxygen atoms in total. The fraction of sp³-hybridized carbons (Fsp3) is 0.316. The summed E-state index contributed by atoms with van der Waals surface area (Å²) in [5, 5.41) is 38.8. The molecule has 0 radical (unpaired) electrons. The number of hydrogen-bond donors (Lipinski definition) is 4. The molecule has 2 unspecified atom stereocenters. The summed E-state index contributed by atoms with van der Waals surface area (Å²) in [4.78, 5) is 12.9. The fourth-order valence-corrected chi connectivity index (χ4v) is 2.71. The van der Waals surface area contributed by atoms with Crippen LogP contribution in [0.1, 0.15) is 34.1 Å². The van der Waals surface area contributed by atoms with E-state index in [1.807, 2.05) is 13.8 Å². The third-order valence-corrected chi connectivity index (χ3v) is 4.08. The molecule has 0 fully saturated rings. The minimum Gasteiger partial charge on any atom is -0.367 e. The molecule has 128 valence electrons. The van der Waals surface area contributed by atoms with Crippen molar-refractivity contribution >= 4 is 5.78 Å². The molecule has 2 aromatic carbocycles. The van der Waals surface area contributed by atoms with Crippen molar-refractivity contribution in [2.75, 3.05) is 0 Å². The quantitative estimate of drug-likeness (QED) is 0.600. The Morgan fingerprint density at radius 1 is 0.667 bits per heavy atom. The lowest BCUT2D eigenvalue weighted by molar-refractivity contribution is -0.143. The normalized spacial score (nSPS) is 14.0. The average Bonchev–Trinajstić information content (AvgIpc) is 2.51. The highest BCUT2D eigenvalue weighted by Gasteiger charge is 2.37. The van der Waals surface area contributed by atoms with Crippen molar-refractivity contribution in [3.05, 3.63) is 70.8 Å². The van der Waals surface area contributed by atoms with Gasteiger partial charge in [-0.1, -0.05) is 59.7 Å². The van der Waals surface area contributed by atoms with Crippen LogP contribution in [0.2, 0.25) is 0 Å². The first-order valence-electron chi connectivity index (χ1n) is 7.70. The number of carbonyl (C=O) groups excluding carboxylic acids is 1. The number of ketones is 1. The van der Waals surface area contributed by atoms with Gasteiger partial charge in [-0.25, -0.2) is 0 Å². The van der Waals surface area contributed by atoms with Gasteiger partial charge >= 0.3 is 0 Å². The number of aliphatic hydroxyl groups excluding tert-OH is 2. The predicted octanol–water partition coefficient (Wildman–Crippen LogP) is 1.36. The predicted molar refractivity (Wildman–Crippen MR) is 89.3 cm³/mol. The number of Topliss-reactive ketones (excluding diaryl/α,β-unsaturated/α-hetero) is 1. The van der Waals surface area contributed by atoms with Gasteiger partial charge in [-0.15, -0.1) is 0 Å². The second-order valence-electron chi connectivity index (χ2n) is 6.01. The molecule has 2 atom stereocenters. The highest BCUT2D eigenvalue weighted by atomic mass is 16.5. The summed E-state index contributed by atoms with van der Waals surface area (Å²) in [7, 11) is 0. The second-order valence-corrected chi connectivity index (χ2v) is 6.01. The molecule has 0 saturated heterocycles. The van der Waals surface area contributed by atoms with Crippen molar-refractivity contribution in [1.82, 2.24) is 0 Å². The Morgan fingerprint density at radius 2 is 0.958 bits per heavy atom. The van der Waals surface area contributed by atoms with Crippen molar-refractivity contribution in [2.45, 2.75) is 38.3 Å². The smallest absolute Gasteiger partial charge is 0.165 e. The van der Waals surface area contributed by atoms with Crippen LogP contribution >= 0.6 is 0 Å². The van der Waals surface area contributed by atoms with Crippen LogP contribution in [0.5, 0.6) is 0 Å². The largest absolute Gasteiger partial charge is 0.367 e. The lowest BCUT2D eigenvalue weighted by Gasteiger charge is -2.25. The molecule has 0 aliphatic carbocycles. The van der Waals surface area contributed by atoms with E-state index in [2.05, 4.69) is 0 Å². The van der Waals surface area contributed by atoms with Crippen LogP contribution in [0.25, 0.3) is 0 Å². The van der Waals surface area contributed by atoms with Gasteiger partial charge in [-0.3, -0.25) is 4.79 Å². The summed E-state index contributed by atoms with van der Waals surface area (Å²) in [6, 6.07) is 13.6. The van der Waals surface area contributed by atoms with Gasteiger partial charge in [-0.2, -0.15) is 0 Å². The maximum absolute atomic E-state index is 12.9. The van der Waals surface area contributed by atoms with Gasteiger partial charge in [0.25, 0.3) is 0 Å². The van der Waals surface area contributed by atoms with E-state index >= 15 is 0 Å². The maximum atomic E-state index is 12.9. The van der Waals surface area contributed by atoms with Gasteiger partial charge in [0.05, 0.1) is 11.8 Å². The van der Waals surface area contributed by atoms with E-state index in [-0.39, 0.29) is 0 Å². The van der Waals surface area contributed by atoms with Gasteiger partial charge in [0.2, 0.25) is 0 Å². The molecule has 0 bridgehead atoms.